The van der Waals surface area contributed by atoms with Crippen molar-refractivity contribution in [3.63, 3.8) is 0 Å². The van der Waals surface area contributed by atoms with Crippen LogP contribution in [-0.2, 0) is 0 Å². The quantitative estimate of drug-likeness (QED) is 0.793. The standard InChI is InChI=1S/C14H20FN3S/c1-9-10(8-17-18-9)7-16-13-4-5-19-14-3-2-11(15)6-12(13)14/h2-3,6,9-10,13,16-18H,4-5,7-8H2,1H3. The van der Waals surface area contributed by atoms with Crippen molar-refractivity contribution in [1.29, 1.82) is 0 Å². The van der Waals surface area contributed by atoms with Gasteiger partial charge in [-0.25, -0.2) is 4.39 Å². The Kier molecular flexibility index (Phi) is 4.07. The molecule has 0 spiro atoms. The molecule has 0 amide bonds. The largest absolute Gasteiger partial charge is 0.309 e. The molecule has 3 N–H and O–H groups in total. The minimum absolute atomic E-state index is 0.134. The Morgan fingerprint density at radius 1 is 1.47 bits per heavy atom. The molecule has 2 aliphatic heterocycles. The summed E-state index contributed by atoms with van der Waals surface area (Å²) in [7, 11) is 0. The third-order valence-corrected chi connectivity index (χ3v) is 5.16. The van der Waals surface area contributed by atoms with E-state index < -0.39 is 0 Å². The summed E-state index contributed by atoms with van der Waals surface area (Å²) < 4.78 is 13.4. The molecule has 2 aliphatic rings. The number of nitrogens with one attached hydrogen (secondary N) is 3. The number of fused-ring (bicyclic) bond motifs is 1. The summed E-state index contributed by atoms with van der Waals surface area (Å²) >= 11 is 1.83. The van der Waals surface area contributed by atoms with Crippen molar-refractivity contribution in [3.8, 4) is 0 Å². The molecule has 0 radical (unpaired) electrons. The van der Waals surface area contributed by atoms with Crippen LogP contribution in [0.4, 0.5) is 4.39 Å². The van der Waals surface area contributed by atoms with Gasteiger partial charge in [-0.15, -0.1) is 11.8 Å². The lowest BCUT2D eigenvalue weighted by atomic mass is 10.00. The van der Waals surface area contributed by atoms with E-state index in [-0.39, 0.29) is 5.82 Å². The molecule has 3 nitrogen and oxygen atoms in total. The predicted molar refractivity (Wildman–Crippen MR) is 76.6 cm³/mol. The zero-order chi connectivity index (χ0) is 13.2. The Morgan fingerprint density at radius 2 is 2.37 bits per heavy atom. The van der Waals surface area contributed by atoms with Gasteiger partial charge >= 0.3 is 0 Å². The van der Waals surface area contributed by atoms with Gasteiger partial charge in [-0.3, -0.25) is 10.9 Å². The summed E-state index contributed by atoms with van der Waals surface area (Å²) in [5.74, 6) is 1.56. The first kappa shape index (κ1) is 13.4. The van der Waals surface area contributed by atoms with Crippen molar-refractivity contribution >= 4 is 11.8 Å². The van der Waals surface area contributed by atoms with E-state index in [9.17, 15) is 4.39 Å². The molecule has 0 aliphatic carbocycles. The lowest BCUT2D eigenvalue weighted by molar-refractivity contribution is 0.408. The lowest BCUT2D eigenvalue weighted by Gasteiger charge is -2.27. The van der Waals surface area contributed by atoms with Crippen LogP contribution < -0.4 is 16.2 Å². The minimum atomic E-state index is -0.134. The summed E-state index contributed by atoms with van der Waals surface area (Å²) in [5, 5.41) is 3.62. The monoisotopic (exact) mass is 281 g/mol. The van der Waals surface area contributed by atoms with Gasteiger partial charge in [0.05, 0.1) is 0 Å². The number of halogens is 1. The molecule has 1 saturated heterocycles. The van der Waals surface area contributed by atoms with Crippen LogP contribution in [0.3, 0.4) is 0 Å². The highest BCUT2D eigenvalue weighted by Crippen LogP contribution is 2.36. The number of hydrazine groups is 1. The number of hydrogen-bond acceptors (Lipinski definition) is 4. The molecule has 5 heteroatoms. The SMILES string of the molecule is CC1NNCC1CNC1CCSc2ccc(F)cc21. The van der Waals surface area contributed by atoms with Gasteiger partial charge in [0.2, 0.25) is 0 Å². The Balaban J connectivity index is 1.67. The van der Waals surface area contributed by atoms with Gasteiger partial charge in [0, 0.05) is 36.0 Å². The molecule has 3 rings (SSSR count). The topological polar surface area (TPSA) is 36.1 Å². The number of benzene rings is 1. The maximum atomic E-state index is 13.4. The molecular weight excluding hydrogens is 261 g/mol. The highest BCUT2D eigenvalue weighted by atomic mass is 32.2. The predicted octanol–water partition coefficient (Wildman–Crippen LogP) is 2.06. The molecule has 0 aromatic heterocycles. The van der Waals surface area contributed by atoms with Crippen molar-refractivity contribution in [3.05, 3.63) is 29.6 Å². The van der Waals surface area contributed by atoms with E-state index in [1.807, 2.05) is 17.8 Å². The number of hydrogen-bond donors (Lipinski definition) is 3. The minimum Gasteiger partial charge on any atom is -0.309 e. The van der Waals surface area contributed by atoms with Gasteiger partial charge in [-0.2, -0.15) is 0 Å². The maximum absolute atomic E-state index is 13.4. The van der Waals surface area contributed by atoms with Crippen LogP contribution in [0.1, 0.15) is 24.9 Å². The fourth-order valence-corrected chi connectivity index (χ4v) is 3.87. The zero-order valence-electron chi connectivity index (χ0n) is 11.1. The van der Waals surface area contributed by atoms with Gasteiger partial charge < -0.3 is 5.32 Å². The van der Waals surface area contributed by atoms with Gasteiger partial charge in [-0.05, 0) is 42.9 Å². The van der Waals surface area contributed by atoms with Crippen molar-refractivity contribution in [2.24, 2.45) is 5.92 Å². The molecule has 3 atom stereocenters. The third kappa shape index (κ3) is 2.94. The third-order valence-electron chi connectivity index (χ3n) is 4.04. The zero-order valence-corrected chi connectivity index (χ0v) is 11.9. The van der Waals surface area contributed by atoms with Crippen molar-refractivity contribution < 1.29 is 4.39 Å². The van der Waals surface area contributed by atoms with Crippen LogP contribution in [0.25, 0.3) is 0 Å². The van der Waals surface area contributed by atoms with Crippen LogP contribution in [0.2, 0.25) is 0 Å². The first-order valence-electron chi connectivity index (χ1n) is 6.88. The first-order valence-corrected chi connectivity index (χ1v) is 7.86. The summed E-state index contributed by atoms with van der Waals surface area (Å²) in [4.78, 5) is 1.22. The van der Waals surface area contributed by atoms with Gasteiger partial charge in [0.25, 0.3) is 0 Å². The average molecular weight is 281 g/mol. The fraction of sp³-hybridized carbons (Fsp3) is 0.571. The van der Waals surface area contributed by atoms with Crippen molar-refractivity contribution in [2.45, 2.75) is 30.3 Å². The number of rotatable bonds is 3. The maximum Gasteiger partial charge on any atom is 0.123 e. The van der Waals surface area contributed by atoms with Crippen LogP contribution in [-0.4, -0.2) is 24.9 Å². The molecule has 1 aromatic rings. The molecule has 104 valence electrons. The van der Waals surface area contributed by atoms with E-state index in [1.165, 1.54) is 4.90 Å². The molecule has 2 heterocycles. The smallest absolute Gasteiger partial charge is 0.123 e. The van der Waals surface area contributed by atoms with Gasteiger partial charge in [-0.1, -0.05) is 0 Å². The Labute approximate surface area is 117 Å². The second-order valence-corrected chi connectivity index (χ2v) is 6.49. The van der Waals surface area contributed by atoms with Crippen molar-refractivity contribution in [2.75, 3.05) is 18.8 Å². The molecule has 3 unspecified atom stereocenters. The molecule has 1 fully saturated rings. The van der Waals surface area contributed by atoms with Crippen LogP contribution in [0, 0.1) is 11.7 Å². The second-order valence-electron chi connectivity index (χ2n) is 5.35. The van der Waals surface area contributed by atoms with Crippen LogP contribution >= 0.6 is 11.8 Å². The lowest BCUT2D eigenvalue weighted by Crippen LogP contribution is -2.35. The van der Waals surface area contributed by atoms with E-state index in [0.29, 0.717) is 18.0 Å². The molecule has 1 aromatic carbocycles. The Bertz CT molecular complexity index is 454. The van der Waals surface area contributed by atoms with E-state index in [1.54, 1.807) is 12.1 Å². The summed E-state index contributed by atoms with van der Waals surface area (Å²) in [5.41, 5.74) is 7.54. The highest BCUT2D eigenvalue weighted by Gasteiger charge is 2.26. The van der Waals surface area contributed by atoms with E-state index in [0.717, 1.165) is 30.8 Å². The van der Waals surface area contributed by atoms with E-state index in [2.05, 4.69) is 23.1 Å². The van der Waals surface area contributed by atoms with E-state index >= 15 is 0 Å². The van der Waals surface area contributed by atoms with Crippen LogP contribution in [0.5, 0.6) is 0 Å². The van der Waals surface area contributed by atoms with Crippen molar-refractivity contribution in [1.82, 2.24) is 16.2 Å². The second kappa shape index (κ2) is 5.79. The number of thioether (sulfide) groups is 1. The Morgan fingerprint density at radius 3 is 3.16 bits per heavy atom. The molecule has 0 saturated carbocycles. The van der Waals surface area contributed by atoms with Gasteiger partial charge in [0.15, 0.2) is 0 Å². The highest BCUT2D eigenvalue weighted by molar-refractivity contribution is 7.99. The summed E-state index contributed by atoms with van der Waals surface area (Å²) in [6.07, 6.45) is 1.07. The fourth-order valence-electron chi connectivity index (χ4n) is 2.77. The summed E-state index contributed by atoms with van der Waals surface area (Å²) in [6.45, 7) is 4.15. The Hall–Kier alpha value is -0.620. The average Bonchev–Trinajstić information content (AvgIpc) is 2.82. The first-order chi connectivity index (χ1) is 9.24. The summed E-state index contributed by atoms with van der Waals surface area (Å²) in [6, 6.07) is 5.93. The molecule has 0 bridgehead atoms. The van der Waals surface area contributed by atoms with Gasteiger partial charge in [0.1, 0.15) is 5.82 Å². The normalized spacial score (nSPS) is 30.3. The molecule has 19 heavy (non-hydrogen) atoms. The molecular formula is C14H20FN3S. The van der Waals surface area contributed by atoms with E-state index in [4.69, 9.17) is 0 Å². The van der Waals surface area contributed by atoms with Crippen LogP contribution in [0.15, 0.2) is 23.1 Å².